The highest BCUT2D eigenvalue weighted by Gasteiger charge is 1.96. The molecule has 0 fully saturated rings. The van der Waals surface area contributed by atoms with E-state index in [0.29, 0.717) is 6.54 Å². The van der Waals surface area contributed by atoms with E-state index in [1.807, 2.05) is 48.5 Å². The zero-order valence-corrected chi connectivity index (χ0v) is 17.4. The molecule has 0 radical (unpaired) electrons. The Balaban J connectivity index is 0.000000253. The number of nitrogens with two attached hydrogens (primary N) is 1. The molecule has 3 N–H and O–H groups in total. The van der Waals surface area contributed by atoms with E-state index < -0.39 is 0 Å². The van der Waals surface area contributed by atoms with Gasteiger partial charge < -0.3 is 25.3 Å². The van der Waals surface area contributed by atoms with Crippen LogP contribution in [0.1, 0.15) is 16.7 Å². The Morgan fingerprint density at radius 3 is 1.14 bits per heavy atom. The van der Waals surface area contributed by atoms with Crippen LogP contribution < -0.4 is 25.3 Å². The standard InChI is InChI=1S/C16H19NO2.C8H11NO/c1-18-15-7-3-13(4-8-15)11-17-12-14-5-9-16(19-2)10-6-14;1-10-8-4-2-7(6-9)3-5-8/h3-10,17H,11-12H2,1-2H3;2-5H,6,9H2,1H3. The number of benzene rings is 3. The molecule has 0 amide bonds. The average Bonchev–Trinajstić information content (AvgIpc) is 2.80. The molecule has 0 saturated carbocycles. The van der Waals surface area contributed by atoms with E-state index in [0.717, 1.165) is 35.9 Å². The van der Waals surface area contributed by atoms with Gasteiger partial charge >= 0.3 is 0 Å². The molecule has 29 heavy (non-hydrogen) atoms. The maximum absolute atomic E-state index is 5.40. The van der Waals surface area contributed by atoms with Crippen LogP contribution in [0.3, 0.4) is 0 Å². The molecule has 154 valence electrons. The van der Waals surface area contributed by atoms with Gasteiger partial charge in [-0.2, -0.15) is 0 Å². The van der Waals surface area contributed by atoms with Crippen molar-refractivity contribution in [2.75, 3.05) is 21.3 Å². The van der Waals surface area contributed by atoms with Crippen LogP contribution in [0, 0.1) is 0 Å². The summed E-state index contributed by atoms with van der Waals surface area (Å²) >= 11 is 0. The Morgan fingerprint density at radius 2 is 0.862 bits per heavy atom. The van der Waals surface area contributed by atoms with Gasteiger partial charge in [0, 0.05) is 19.6 Å². The Labute approximate surface area is 173 Å². The molecule has 0 aromatic heterocycles. The summed E-state index contributed by atoms with van der Waals surface area (Å²) in [7, 11) is 5.01. The normalized spacial score (nSPS) is 9.93. The largest absolute Gasteiger partial charge is 0.497 e. The summed E-state index contributed by atoms with van der Waals surface area (Å²) in [4.78, 5) is 0. The third-order valence-corrected chi connectivity index (χ3v) is 4.37. The zero-order valence-electron chi connectivity index (χ0n) is 17.4. The fourth-order valence-electron chi connectivity index (χ4n) is 2.60. The van der Waals surface area contributed by atoms with E-state index >= 15 is 0 Å². The van der Waals surface area contributed by atoms with Gasteiger partial charge in [-0.15, -0.1) is 0 Å². The van der Waals surface area contributed by atoms with Crippen LogP contribution in [0.25, 0.3) is 0 Å². The van der Waals surface area contributed by atoms with Crippen molar-refractivity contribution in [2.24, 2.45) is 5.73 Å². The number of nitrogens with one attached hydrogen (secondary N) is 1. The first-order chi connectivity index (χ1) is 14.2. The molecule has 0 saturated heterocycles. The fourth-order valence-corrected chi connectivity index (χ4v) is 2.60. The van der Waals surface area contributed by atoms with E-state index in [4.69, 9.17) is 19.9 Å². The monoisotopic (exact) mass is 394 g/mol. The van der Waals surface area contributed by atoms with Gasteiger partial charge in [0.15, 0.2) is 0 Å². The molecule has 0 bridgehead atoms. The smallest absolute Gasteiger partial charge is 0.118 e. The first-order valence-electron chi connectivity index (χ1n) is 9.48. The molecule has 0 unspecified atom stereocenters. The van der Waals surface area contributed by atoms with E-state index in [-0.39, 0.29) is 0 Å². The molecule has 5 nitrogen and oxygen atoms in total. The minimum absolute atomic E-state index is 0.587. The second-order valence-electron chi connectivity index (χ2n) is 6.35. The number of hydrogen-bond acceptors (Lipinski definition) is 5. The van der Waals surface area contributed by atoms with Gasteiger partial charge in [-0.05, 0) is 53.1 Å². The molecule has 5 heteroatoms. The molecular formula is C24H30N2O3. The second-order valence-corrected chi connectivity index (χ2v) is 6.35. The van der Waals surface area contributed by atoms with Crippen LogP contribution in [0.15, 0.2) is 72.8 Å². The maximum atomic E-state index is 5.40. The van der Waals surface area contributed by atoms with E-state index in [1.54, 1.807) is 21.3 Å². The Bertz CT molecular complexity index is 746. The highest BCUT2D eigenvalue weighted by molar-refractivity contribution is 5.29. The Hall–Kier alpha value is -3.02. The molecule has 0 heterocycles. The van der Waals surface area contributed by atoms with Crippen LogP contribution in [-0.2, 0) is 19.6 Å². The molecule has 0 aliphatic rings. The zero-order chi connectivity index (χ0) is 20.9. The summed E-state index contributed by atoms with van der Waals surface area (Å²) < 4.78 is 15.2. The van der Waals surface area contributed by atoms with Crippen LogP contribution >= 0.6 is 0 Å². The summed E-state index contributed by atoms with van der Waals surface area (Å²) in [6.45, 7) is 2.27. The molecular weight excluding hydrogens is 364 g/mol. The molecule has 3 aromatic carbocycles. The fraction of sp³-hybridized carbons (Fsp3) is 0.250. The average molecular weight is 395 g/mol. The maximum Gasteiger partial charge on any atom is 0.118 e. The van der Waals surface area contributed by atoms with Crippen LogP contribution in [0.4, 0.5) is 0 Å². The summed E-state index contributed by atoms with van der Waals surface area (Å²) in [5.41, 5.74) is 9.02. The van der Waals surface area contributed by atoms with Crippen molar-refractivity contribution >= 4 is 0 Å². The van der Waals surface area contributed by atoms with E-state index in [9.17, 15) is 0 Å². The quantitative estimate of drug-likeness (QED) is 0.601. The Kier molecular flexibility index (Phi) is 9.55. The minimum Gasteiger partial charge on any atom is -0.497 e. The van der Waals surface area contributed by atoms with Gasteiger partial charge in [-0.3, -0.25) is 0 Å². The lowest BCUT2D eigenvalue weighted by molar-refractivity contribution is 0.414. The summed E-state index contributed by atoms with van der Waals surface area (Å²) in [5.74, 6) is 2.65. The molecule has 3 rings (SSSR count). The number of hydrogen-bond donors (Lipinski definition) is 2. The third kappa shape index (κ3) is 7.86. The predicted molar refractivity (Wildman–Crippen MR) is 117 cm³/mol. The first-order valence-corrected chi connectivity index (χ1v) is 9.48. The van der Waals surface area contributed by atoms with Crippen molar-refractivity contribution in [3.63, 3.8) is 0 Å². The third-order valence-electron chi connectivity index (χ3n) is 4.37. The van der Waals surface area contributed by atoms with Gasteiger partial charge in [-0.25, -0.2) is 0 Å². The molecule has 0 aliphatic carbocycles. The van der Waals surface area contributed by atoms with Crippen LogP contribution in [0.5, 0.6) is 17.2 Å². The number of rotatable bonds is 8. The van der Waals surface area contributed by atoms with Gasteiger partial charge in [0.05, 0.1) is 21.3 Å². The predicted octanol–water partition coefficient (Wildman–Crippen LogP) is 4.15. The number of ether oxygens (including phenoxy) is 3. The van der Waals surface area contributed by atoms with Crippen molar-refractivity contribution < 1.29 is 14.2 Å². The van der Waals surface area contributed by atoms with E-state index in [1.165, 1.54) is 11.1 Å². The first kappa shape index (κ1) is 22.3. The van der Waals surface area contributed by atoms with Crippen molar-refractivity contribution in [1.29, 1.82) is 0 Å². The van der Waals surface area contributed by atoms with Crippen molar-refractivity contribution in [1.82, 2.24) is 5.32 Å². The van der Waals surface area contributed by atoms with Gasteiger partial charge in [0.2, 0.25) is 0 Å². The van der Waals surface area contributed by atoms with E-state index in [2.05, 4.69) is 29.6 Å². The Morgan fingerprint density at radius 1 is 0.552 bits per heavy atom. The lowest BCUT2D eigenvalue weighted by Gasteiger charge is -2.07. The number of methoxy groups -OCH3 is 3. The van der Waals surface area contributed by atoms with Gasteiger partial charge in [0.25, 0.3) is 0 Å². The lowest BCUT2D eigenvalue weighted by atomic mass is 10.2. The topological polar surface area (TPSA) is 65.7 Å². The van der Waals surface area contributed by atoms with Crippen molar-refractivity contribution in [2.45, 2.75) is 19.6 Å². The summed E-state index contributed by atoms with van der Waals surface area (Å²) in [6, 6.07) is 23.9. The van der Waals surface area contributed by atoms with Crippen molar-refractivity contribution in [3.05, 3.63) is 89.5 Å². The highest BCUT2D eigenvalue weighted by Crippen LogP contribution is 2.13. The second kappa shape index (κ2) is 12.4. The molecule has 0 spiro atoms. The molecule has 0 aliphatic heterocycles. The minimum atomic E-state index is 0.587. The SMILES string of the molecule is COc1ccc(CN)cc1.COc1ccc(CNCc2ccc(OC)cc2)cc1. The van der Waals surface area contributed by atoms with Crippen molar-refractivity contribution in [3.8, 4) is 17.2 Å². The molecule has 0 atom stereocenters. The molecule has 3 aromatic rings. The summed E-state index contributed by atoms with van der Waals surface area (Å²) in [6.07, 6.45) is 0. The van der Waals surface area contributed by atoms with Crippen LogP contribution in [-0.4, -0.2) is 21.3 Å². The van der Waals surface area contributed by atoms with Gasteiger partial charge in [0.1, 0.15) is 17.2 Å². The highest BCUT2D eigenvalue weighted by atomic mass is 16.5. The van der Waals surface area contributed by atoms with Gasteiger partial charge in [-0.1, -0.05) is 36.4 Å². The lowest BCUT2D eigenvalue weighted by Crippen LogP contribution is -2.12. The summed E-state index contributed by atoms with van der Waals surface area (Å²) in [5, 5.41) is 3.41. The van der Waals surface area contributed by atoms with Crippen LogP contribution in [0.2, 0.25) is 0 Å².